The fourth-order valence-electron chi connectivity index (χ4n) is 2.37. The molecule has 2 nitrogen and oxygen atoms in total. The Labute approximate surface area is 103 Å². The Morgan fingerprint density at radius 3 is 2.41 bits per heavy atom. The highest BCUT2D eigenvalue weighted by atomic mass is 14.7. The molecular weight excluding hydrogens is 208 g/mol. The average molecular weight is 228 g/mol. The Kier molecular flexibility index (Phi) is 3.16. The maximum Gasteiger partial charge on any atom is 0.0739 e. The number of pyridine rings is 1. The first-order valence-electron chi connectivity index (χ1n) is 6.11. The minimum atomic E-state index is 0.157. The molecule has 0 saturated heterocycles. The predicted octanol–water partition coefficient (Wildman–Crippen LogP) is 3.05. The SMILES string of the molecule is Cc1ccc(C)c2c(C)cc(CC(C)N)nc12. The fraction of sp³-hybridized carbons (Fsp3) is 0.400. The molecule has 0 aliphatic heterocycles. The van der Waals surface area contributed by atoms with Gasteiger partial charge < -0.3 is 5.73 Å². The van der Waals surface area contributed by atoms with Crippen molar-refractivity contribution in [1.29, 1.82) is 0 Å². The van der Waals surface area contributed by atoms with Crippen LogP contribution in [-0.4, -0.2) is 11.0 Å². The van der Waals surface area contributed by atoms with E-state index in [-0.39, 0.29) is 6.04 Å². The summed E-state index contributed by atoms with van der Waals surface area (Å²) < 4.78 is 0. The Balaban J connectivity index is 2.68. The first-order valence-corrected chi connectivity index (χ1v) is 6.11. The summed E-state index contributed by atoms with van der Waals surface area (Å²) in [6, 6.07) is 6.62. The molecule has 1 aromatic heterocycles. The Morgan fingerprint density at radius 2 is 1.76 bits per heavy atom. The molecule has 0 saturated carbocycles. The van der Waals surface area contributed by atoms with Crippen LogP contribution in [0.3, 0.4) is 0 Å². The van der Waals surface area contributed by atoms with Crippen molar-refractivity contribution in [3.05, 3.63) is 40.6 Å². The molecule has 1 aromatic carbocycles. The molecule has 0 fully saturated rings. The highest BCUT2D eigenvalue weighted by Crippen LogP contribution is 2.24. The van der Waals surface area contributed by atoms with Crippen molar-refractivity contribution in [2.45, 2.75) is 40.2 Å². The van der Waals surface area contributed by atoms with Gasteiger partial charge in [-0.2, -0.15) is 0 Å². The molecule has 2 aromatic rings. The van der Waals surface area contributed by atoms with Gasteiger partial charge in [0, 0.05) is 23.5 Å². The summed E-state index contributed by atoms with van der Waals surface area (Å²) in [5, 5.41) is 1.29. The molecule has 2 rings (SSSR count). The first kappa shape index (κ1) is 12.1. The van der Waals surface area contributed by atoms with Crippen LogP contribution in [0.4, 0.5) is 0 Å². The van der Waals surface area contributed by atoms with Crippen LogP contribution in [0.5, 0.6) is 0 Å². The largest absolute Gasteiger partial charge is 0.328 e. The second kappa shape index (κ2) is 4.46. The van der Waals surface area contributed by atoms with Gasteiger partial charge in [-0.25, -0.2) is 0 Å². The average Bonchev–Trinajstić information content (AvgIpc) is 2.22. The Morgan fingerprint density at radius 1 is 1.12 bits per heavy atom. The molecule has 0 aliphatic rings. The van der Waals surface area contributed by atoms with Crippen molar-refractivity contribution in [2.75, 3.05) is 0 Å². The smallest absolute Gasteiger partial charge is 0.0739 e. The van der Waals surface area contributed by atoms with Crippen LogP contribution in [0.1, 0.15) is 29.3 Å². The zero-order chi connectivity index (χ0) is 12.6. The van der Waals surface area contributed by atoms with Gasteiger partial charge in [0.2, 0.25) is 0 Å². The van der Waals surface area contributed by atoms with Crippen LogP contribution < -0.4 is 5.73 Å². The molecule has 2 N–H and O–H groups in total. The number of nitrogens with two attached hydrogens (primary N) is 1. The summed E-state index contributed by atoms with van der Waals surface area (Å²) in [6.07, 6.45) is 0.837. The lowest BCUT2D eigenvalue weighted by molar-refractivity contribution is 0.724. The number of benzene rings is 1. The molecule has 0 aliphatic carbocycles. The number of aromatic nitrogens is 1. The van der Waals surface area contributed by atoms with Crippen molar-refractivity contribution < 1.29 is 0 Å². The van der Waals surface area contributed by atoms with E-state index in [0.29, 0.717) is 0 Å². The van der Waals surface area contributed by atoms with Crippen molar-refractivity contribution >= 4 is 10.9 Å². The molecule has 90 valence electrons. The maximum absolute atomic E-state index is 5.85. The van der Waals surface area contributed by atoms with Gasteiger partial charge in [-0.15, -0.1) is 0 Å². The molecular formula is C15H20N2. The molecule has 2 heteroatoms. The van der Waals surface area contributed by atoms with E-state index in [1.807, 2.05) is 6.92 Å². The molecule has 0 radical (unpaired) electrons. The summed E-state index contributed by atoms with van der Waals surface area (Å²) in [7, 11) is 0. The van der Waals surface area contributed by atoms with E-state index in [4.69, 9.17) is 10.7 Å². The van der Waals surface area contributed by atoms with Gasteiger partial charge in [0.25, 0.3) is 0 Å². The fourth-order valence-corrected chi connectivity index (χ4v) is 2.37. The van der Waals surface area contributed by atoms with E-state index in [1.54, 1.807) is 0 Å². The number of hydrogen-bond acceptors (Lipinski definition) is 2. The number of nitrogens with zero attached hydrogens (tertiary/aromatic N) is 1. The number of fused-ring (bicyclic) bond motifs is 1. The normalized spacial score (nSPS) is 13.0. The lowest BCUT2D eigenvalue weighted by Crippen LogP contribution is -2.18. The van der Waals surface area contributed by atoms with Crippen molar-refractivity contribution in [3.8, 4) is 0 Å². The summed E-state index contributed by atoms with van der Waals surface area (Å²) in [5.74, 6) is 0. The van der Waals surface area contributed by atoms with Gasteiger partial charge in [-0.3, -0.25) is 4.98 Å². The minimum Gasteiger partial charge on any atom is -0.328 e. The zero-order valence-electron chi connectivity index (χ0n) is 11.0. The second-order valence-corrected chi connectivity index (χ2v) is 5.03. The highest BCUT2D eigenvalue weighted by molar-refractivity contribution is 5.88. The van der Waals surface area contributed by atoms with E-state index in [0.717, 1.165) is 17.6 Å². The second-order valence-electron chi connectivity index (χ2n) is 5.03. The summed E-state index contributed by atoms with van der Waals surface area (Å²) in [5.41, 5.74) is 11.9. The monoisotopic (exact) mass is 228 g/mol. The van der Waals surface area contributed by atoms with Crippen LogP contribution in [0.2, 0.25) is 0 Å². The van der Waals surface area contributed by atoms with Crippen LogP contribution in [0.25, 0.3) is 10.9 Å². The van der Waals surface area contributed by atoms with Gasteiger partial charge in [0.1, 0.15) is 0 Å². The lowest BCUT2D eigenvalue weighted by Gasteiger charge is -2.12. The van der Waals surface area contributed by atoms with Crippen molar-refractivity contribution in [1.82, 2.24) is 4.98 Å². The molecule has 0 amide bonds. The third kappa shape index (κ3) is 2.32. The van der Waals surface area contributed by atoms with E-state index < -0.39 is 0 Å². The standard InChI is InChI=1S/C15H20N2/c1-9-5-6-10(2)15-14(9)11(3)7-13(17-15)8-12(4)16/h5-7,12H,8,16H2,1-4H3. The van der Waals surface area contributed by atoms with Crippen molar-refractivity contribution in [3.63, 3.8) is 0 Å². The van der Waals surface area contributed by atoms with Crippen LogP contribution in [0.15, 0.2) is 18.2 Å². The molecule has 1 atom stereocenters. The summed E-state index contributed by atoms with van der Waals surface area (Å²) in [4.78, 5) is 4.76. The number of aryl methyl sites for hydroxylation is 3. The maximum atomic E-state index is 5.85. The van der Waals surface area contributed by atoms with E-state index >= 15 is 0 Å². The number of hydrogen-bond donors (Lipinski definition) is 1. The molecule has 1 heterocycles. The molecule has 0 bridgehead atoms. The van der Waals surface area contributed by atoms with Gasteiger partial charge >= 0.3 is 0 Å². The topological polar surface area (TPSA) is 38.9 Å². The van der Waals surface area contributed by atoms with Gasteiger partial charge in [0.05, 0.1) is 5.52 Å². The minimum absolute atomic E-state index is 0.157. The third-order valence-corrected chi connectivity index (χ3v) is 3.15. The van der Waals surface area contributed by atoms with Crippen LogP contribution in [0, 0.1) is 20.8 Å². The Bertz CT molecular complexity index is 556. The van der Waals surface area contributed by atoms with E-state index in [2.05, 4.69) is 39.0 Å². The van der Waals surface area contributed by atoms with E-state index in [1.165, 1.54) is 22.1 Å². The first-order chi connectivity index (χ1) is 7.99. The third-order valence-electron chi connectivity index (χ3n) is 3.15. The Hall–Kier alpha value is -1.41. The molecule has 1 unspecified atom stereocenters. The van der Waals surface area contributed by atoms with Gasteiger partial charge in [-0.1, -0.05) is 12.1 Å². The van der Waals surface area contributed by atoms with Gasteiger partial charge in [-0.05, 0) is 50.5 Å². The summed E-state index contributed by atoms with van der Waals surface area (Å²) in [6.45, 7) is 8.43. The summed E-state index contributed by atoms with van der Waals surface area (Å²) >= 11 is 0. The lowest BCUT2D eigenvalue weighted by atomic mass is 9.99. The van der Waals surface area contributed by atoms with Crippen molar-refractivity contribution in [2.24, 2.45) is 5.73 Å². The van der Waals surface area contributed by atoms with Gasteiger partial charge in [0.15, 0.2) is 0 Å². The van der Waals surface area contributed by atoms with Crippen LogP contribution in [-0.2, 0) is 6.42 Å². The predicted molar refractivity (Wildman–Crippen MR) is 73.3 cm³/mol. The van der Waals surface area contributed by atoms with E-state index in [9.17, 15) is 0 Å². The quantitative estimate of drug-likeness (QED) is 0.858. The molecule has 17 heavy (non-hydrogen) atoms. The molecule has 0 spiro atoms. The highest BCUT2D eigenvalue weighted by Gasteiger charge is 2.08. The van der Waals surface area contributed by atoms with Crippen LogP contribution >= 0.6 is 0 Å². The zero-order valence-corrected chi connectivity index (χ0v) is 11.0. The number of rotatable bonds is 2.